The zero-order chi connectivity index (χ0) is 21.4. The zero-order valence-corrected chi connectivity index (χ0v) is 18.1. The molecule has 0 aliphatic carbocycles. The Balaban J connectivity index is 1.39. The molecule has 2 saturated heterocycles. The van der Waals surface area contributed by atoms with Crippen LogP contribution in [0.1, 0.15) is 18.1 Å². The first-order valence-electron chi connectivity index (χ1n) is 10.9. The molecule has 31 heavy (non-hydrogen) atoms. The summed E-state index contributed by atoms with van der Waals surface area (Å²) in [5, 5.41) is 0. The second-order valence-corrected chi connectivity index (χ2v) is 9.01. The van der Waals surface area contributed by atoms with E-state index in [-0.39, 0.29) is 17.1 Å². The van der Waals surface area contributed by atoms with Gasteiger partial charge in [0.05, 0.1) is 45.3 Å². The maximum atomic E-state index is 12.8. The van der Waals surface area contributed by atoms with E-state index in [2.05, 4.69) is 19.1 Å². The topological polar surface area (TPSA) is 68.2 Å². The van der Waals surface area contributed by atoms with Gasteiger partial charge in [0.2, 0.25) is 0 Å². The average Bonchev–Trinajstić information content (AvgIpc) is 2.77. The van der Waals surface area contributed by atoms with Crippen LogP contribution in [0.5, 0.6) is 11.5 Å². The summed E-state index contributed by atoms with van der Waals surface area (Å²) >= 11 is 0. The Labute approximate surface area is 181 Å². The van der Waals surface area contributed by atoms with E-state index in [1.807, 2.05) is 17.6 Å². The van der Waals surface area contributed by atoms with Gasteiger partial charge in [0, 0.05) is 29.2 Å². The highest BCUT2D eigenvalue weighted by Crippen LogP contribution is 2.37. The fraction of sp³-hybridized carbons (Fsp3) is 0.542. The normalized spacial score (nSPS) is 21.5. The number of benzene rings is 1. The number of aryl methyl sites for hydroxylation is 1. The lowest BCUT2D eigenvalue weighted by molar-refractivity contribution is -0.120. The highest BCUT2D eigenvalue weighted by atomic mass is 16.6. The van der Waals surface area contributed by atoms with Crippen molar-refractivity contribution in [2.24, 2.45) is 5.41 Å². The Bertz CT molecular complexity index is 1020. The molecule has 7 heteroatoms. The van der Waals surface area contributed by atoms with E-state index in [4.69, 9.17) is 23.7 Å². The van der Waals surface area contributed by atoms with E-state index in [1.165, 1.54) is 5.56 Å². The Morgan fingerprint density at radius 1 is 1.16 bits per heavy atom. The number of pyridine rings is 1. The van der Waals surface area contributed by atoms with Crippen LogP contribution in [0.4, 0.5) is 0 Å². The zero-order valence-electron chi connectivity index (χ0n) is 18.1. The van der Waals surface area contributed by atoms with E-state index >= 15 is 0 Å². The summed E-state index contributed by atoms with van der Waals surface area (Å²) in [6.07, 6.45) is 0.689. The molecule has 2 aromatic rings. The van der Waals surface area contributed by atoms with Crippen LogP contribution < -0.4 is 15.0 Å². The van der Waals surface area contributed by atoms with Crippen molar-refractivity contribution in [2.75, 3.05) is 46.2 Å². The summed E-state index contributed by atoms with van der Waals surface area (Å²) in [6, 6.07) is 7.74. The molecule has 5 rings (SSSR count). The molecule has 0 bridgehead atoms. The lowest BCUT2D eigenvalue weighted by Crippen LogP contribution is -2.44. The van der Waals surface area contributed by atoms with Crippen LogP contribution in [0.25, 0.3) is 11.3 Å². The third-order valence-electron chi connectivity index (χ3n) is 6.25. The second-order valence-electron chi connectivity index (χ2n) is 9.01. The van der Waals surface area contributed by atoms with E-state index in [1.54, 1.807) is 6.07 Å². The van der Waals surface area contributed by atoms with Gasteiger partial charge in [-0.1, -0.05) is 6.92 Å². The maximum absolute atomic E-state index is 12.8. The van der Waals surface area contributed by atoms with Gasteiger partial charge < -0.3 is 28.3 Å². The molecule has 1 aromatic heterocycles. The van der Waals surface area contributed by atoms with Gasteiger partial charge >= 0.3 is 0 Å². The minimum Gasteiger partial charge on any atom is -0.493 e. The molecule has 0 saturated carbocycles. The van der Waals surface area contributed by atoms with Crippen molar-refractivity contribution in [3.8, 4) is 22.8 Å². The molecular weight excluding hydrogens is 398 g/mol. The molecule has 2 fully saturated rings. The highest BCUT2D eigenvalue weighted by molar-refractivity contribution is 5.71. The number of hydrogen-bond donors (Lipinski definition) is 0. The van der Waals surface area contributed by atoms with Gasteiger partial charge in [0.25, 0.3) is 5.56 Å². The predicted molar refractivity (Wildman–Crippen MR) is 115 cm³/mol. The van der Waals surface area contributed by atoms with Gasteiger partial charge in [-0.25, -0.2) is 0 Å². The number of hydrogen-bond acceptors (Lipinski definition) is 6. The van der Waals surface area contributed by atoms with E-state index in [0.717, 1.165) is 42.2 Å². The second kappa shape index (κ2) is 8.30. The molecule has 0 amide bonds. The molecule has 166 valence electrons. The van der Waals surface area contributed by atoms with Gasteiger partial charge in [-0.15, -0.1) is 0 Å². The molecule has 0 N–H and O–H groups in total. The first kappa shape index (κ1) is 20.5. The minimum absolute atomic E-state index is 0.0414. The summed E-state index contributed by atoms with van der Waals surface area (Å²) in [5.41, 5.74) is 4.21. The van der Waals surface area contributed by atoms with Gasteiger partial charge in [-0.05, 0) is 37.1 Å². The van der Waals surface area contributed by atoms with Crippen LogP contribution >= 0.6 is 0 Å². The van der Waals surface area contributed by atoms with Gasteiger partial charge in [-0.2, -0.15) is 0 Å². The van der Waals surface area contributed by atoms with Crippen LogP contribution in [0.2, 0.25) is 0 Å². The Morgan fingerprint density at radius 3 is 2.77 bits per heavy atom. The van der Waals surface area contributed by atoms with Crippen LogP contribution in [-0.2, 0) is 27.2 Å². The minimum atomic E-state index is -0.109. The van der Waals surface area contributed by atoms with Crippen molar-refractivity contribution in [3.63, 3.8) is 0 Å². The maximum Gasteiger partial charge on any atom is 0.254 e. The summed E-state index contributed by atoms with van der Waals surface area (Å²) < 4.78 is 30.3. The summed E-state index contributed by atoms with van der Waals surface area (Å²) in [4.78, 5) is 12.8. The molecule has 3 aliphatic heterocycles. The summed E-state index contributed by atoms with van der Waals surface area (Å²) in [5.74, 6) is 1.47. The van der Waals surface area contributed by atoms with E-state index < -0.39 is 0 Å². The largest absolute Gasteiger partial charge is 0.493 e. The van der Waals surface area contributed by atoms with E-state index in [9.17, 15) is 4.79 Å². The average molecular weight is 427 g/mol. The van der Waals surface area contributed by atoms with Crippen LogP contribution in [-0.4, -0.2) is 56.9 Å². The number of fused-ring (bicyclic) bond motifs is 3. The molecule has 7 nitrogen and oxygen atoms in total. The molecule has 4 heterocycles. The first-order chi connectivity index (χ1) is 15.0. The Kier molecular flexibility index (Phi) is 5.50. The first-order valence-corrected chi connectivity index (χ1v) is 10.9. The van der Waals surface area contributed by atoms with Crippen LogP contribution in [0.15, 0.2) is 29.1 Å². The molecule has 0 spiro atoms. The standard InChI is InChI=1S/C24H29NO6/c1-16-21(30-12-19-11-27-7-8-29-19)10-22(26)25-6-5-17-9-18(3-4-20(17)23(16)25)31-15-24(2)13-28-14-24/h3-4,9-10,19H,5-8,11-15H2,1-2H3/t19-/m0/s1. The van der Waals surface area contributed by atoms with Gasteiger partial charge in [0.1, 0.15) is 24.2 Å². The summed E-state index contributed by atoms with van der Waals surface area (Å²) in [6.45, 7) is 9.04. The third kappa shape index (κ3) is 4.10. The Hall–Kier alpha value is -2.35. The van der Waals surface area contributed by atoms with Crippen molar-refractivity contribution >= 4 is 0 Å². The molecule has 1 aromatic carbocycles. The highest BCUT2D eigenvalue weighted by Gasteiger charge is 2.34. The van der Waals surface area contributed by atoms with E-state index in [0.29, 0.717) is 45.3 Å². The fourth-order valence-corrected chi connectivity index (χ4v) is 4.38. The molecule has 0 unspecified atom stereocenters. The SMILES string of the molecule is Cc1c(OC[C@@H]2COCCO2)cc(=O)n2c1-c1ccc(OCC3(C)COC3)cc1CC2. The van der Waals surface area contributed by atoms with Crippen molar-refractivity contribution in [2.45, 2.75) is 32.9 Å². The van der Waals surface area contributed by atoms with Gasteiger partial charge in [-0.3, -0.25) is 4.79 Å². The Morgan fingerprint density at radius 2 is 2.03 bits per heavy atom. The third-order valence-corrected chi connectivity index (χ3v) is 6.25. The number of aromatic nitrogens is 1. The van der Waals surface area contributed by atoms with Crippen molar-refractivity contribution < 1.29 is 23.7 Å². The van der Waals surface area contributed by atoms with Crippen LogP contribution in [0.3, 0.4) is 0 Å². The fourth-order valence-electron chi connectivity index (χ4n) is 4.38. The molecule has 0 radical (unpaired) electrons. The molecular formula is C24H29NO6. The smallest absolute Gasteiger partial charge is 0.254 e. The predicted octanol–water partition coefficient (Wildman–Crippen LogP) is 2.59. The summed E-state index contributed by atoms with van der Waals surface area (Å²) in [7, 11) is 0. The monoisotopic (exact) mass is 427 g/mol. The van der Waals surface area contributed by atoms with Gasteiger partial charge in [0.15, 0.2) is 0 Å². The lowest BCUT2D eigenvalue weighted by Gasteiger charge is -2.37. The van der Waals surface area contributed by atoms with Crippen LogP contribution in [0, 0.1) is 12.3 Å². The van der Waals surface area contributed by atoms with Crippen molar-refractivity contribution in [1.29, 1.82) is 0 Å². The molecule has 3 aliphatic rings. The number of ether oxygens (including phenoxy) is 5. The number of rotatable bonds is 6. The lowest BCUT2D eigenvalue weighted by atomic mass is 9.90. The quantitative estimate of drug-likeness (QED) is 0.706. The number of nitrogens with zero attached hydrogens (tertiary/aromatic N) is 1. The van der Waals surface area contributed by atoms with Crippen molar-refractivity contribution in [1.82, 2.24) is 4.57 Å². The molecule has 1 atom stereocenters. The van der Waals surface area contributed by atoms with Crippen molar-refractivity contribution in [3.05, 3.63) is 45.7 Å².